The third kappa shape index (κ3) is 5.07. The molecule has 1 unspecified atom stereocenters. The molecular formula is C35H35FN6S. The zero-order chi connectivity index (χ0) is 29.1. The first-order valence-corrected chi connectivity index (χ1v) is 16.1. The fraction of sp³-hybridized carbons (Fsp3) is 0.314. The highest BCUT2D eigenvalue weighted by atomic mass is 32.1. The predicted molar refractivity (Wildman–Crippen MR) is 171 cm³/mol. The van der Waals surface area contributed by atoms with Crippen molar-refractivity contribution < 1.29 is 4.39 Å². The van der Waals surface area contributed by atoms with Crippen LogP contribution in [-0.4, -0.2) is 39.0 Å². The molecule has 6 nitrogen and oxygen atoms in total. The maximum atomic E-state index is 14.0. The number of imidazole rings is 1. The van der Waals surface area contributed by atoms with Crippen LogP contribution in [0.25, 0.3) is 22.3 Å². The minimum atomic E-state index is -0.209. The number of piperidine rings is 1. The van der Waals surface area contributed by atoms with Crippen molar-refractivity contribution in [2.24, 2.45) is 5.73 Å². The van der Waals surface area contributed by atoms with Gasteiger partial charge in [-0.05, 0) is 104 Å². The van der Waals surface area contributed by atoms with Crippen molar-refractivity contribution in [2.75, 3.05) is 13.1 Å². The molecule has 3 aromatic heterocycles. The van der Waals surface area contributed by atoms with E-state index in [0.29, 0.717) is 18.5 Å². The smallest absolute Gasteiger partial charge is 0.176 e. The number of benzene rings is 1. The summed E-state index contributed by atoms with van der Waals surface area (Å²) in [5, 5.41) is 3.48. The monoisotopic (exact) mass is 590 g/mol. The molecule has 218 valence electrons. The second-order valence-electron chi connectivity index (χ2n) is 12.3. The number of halogens is 1. The van der Waals surface area contributed by atoms with Crippen molar-refractivity contribution in [1.29, 1.82) is 0 Å². The van der Waals surface area contributed by atoms with E-state index in [1.807, 2.05) is 30.6 Å². The second-order valence-corrected chi connectivity index (χ2v) is 13.3. The van der Waals surface area contributed by atoms with Crippen molar-refractivity contribution in [3.8, 4) is 11.1 Å². The van der Waals surface area contributed by atoms with Crippen LogP contribution in [0.15, 0.2) is 66.7 Å². The summed E-state index contributed by atoms with van der Waals surface area (Å²) in [6, 6.07) is 11.1. The molecule has 0 amide bonds. The summed E-state index contributed by atoms with van der Waals surface area (Å²) >= 11 is 1.13. The number of likely N-dealkylation sites (tertiary alicyclic amines) is 1. The first kappa shape index (κ1) is 26.8. The van der Waals surface area contributed by atoms with Crippen LogP contribution in [0.1, 0.15) is 76.1 Å². The summed E-state index contributed by atoms with van der Waals surface area (Å²) in [5.74, 6) is 0.832. The van der Waals surface area contributed by atoms with E-state index in [1.165, 1.54) is 66.2 Å². The molecule has 2 aliphatic carbocycles. The molecule has 2 atom stereocenters. The summed E-state index contributed by atoms with van der Waals surface area (Å²) in [6.45, 7) is 5.50. The van der Waals surface area contributed by atoms with Crippen molar-refractivity contribution in [1.82, 2.24) is 25.2 Å². The number of allylic oxidation sites excluding steroid dienone is 3. The Morgan fingerprint density at radius 2 is 1.93 bits per heavy atom. The lowest BCUT2D eigenvalue weighted by Gasteiger charge is -2.26. The van der Waals surface area contributed by atoms with E-state index in [2.05, 4.69) is 51.4 Å². The molecule has 0 radical (unpaired) electrons. The Kier molecular flexibility index (Phi) is 6.66. The molecule has 5 heterocycles. The lowest BCUT2D eigenvalue weighted by molar-refractivity contribution is 0.220. The lowest BCUT2D eigenvalue weighted by atomic mass is 9.89. The number of H-pyrrole nitrogens is 1. The Labute approximate surface area is 255 Å². The topological polar surface area (TPSA) is 92.8 Å². The molecule has 0 bridgehead atoms. The first-order chi connectivity index (χ1) is 21.0. The van der Waals surface area contributed by atoms with Gasteiger partial charge in [-0.2, -0.15) is 4.39 Å². The van der Waals surface area contributed by atoms with E-state index in [4.69, 9.17) is 10.7 Å². The Hall–Kier alpha value is -3.85. The molecule has 2 saturated heterocycles. The Morgan fingerprint density at radius 3 is 2.77 bits per heavy atom. The minimum absolute atomic E-state index is 0.209. The number of rotatable bonds is 5. The van der Waals surface area contributed by atoms with Crippen LogP contribution in [0, 0.1) is 12.1 Å². The van der Waals surface area contributed by atoms with Gasteiger partial charge < -0.3 is 16.0 Å². The van der Waals surface area contributed by atoms with Crippen LogP contribution < -0.4 is 11.1 Å². The number of aromatic amines is 1. The Morgan fingerprint density at radius 1 is 1.05 bits per heavy atom. The fourth-order valence-electron chi connectivity index (χ4n) is 7.03. The molecule has 0 spiro atoms. The van der Waals surface area contributed by atoms with Crippen LogP contribution >= 0.6 is 11.3 Å². The van der Waals surface area contributed by atoms with E-state index in [-0.39, 0.29) is 5.13 Å². The highest BCUT2D eigenvalue weighted by Gasteiger charge is 2.41. The van der Waals surface area contributed by atoms with Crippen molar-refractivity contribution in [2.45, 2.75) is 57.7 Å². The molecule has 2 fully saturated rings. The number of pyridine rings is 1. The molecule has 2 aliphatic heterocycles. The summed E-state index contributed by atoms with van der Waals surface area (Å²) in [6.07, 6.45) is 15.6. The largest absolute Gasteiger partial charge is 0.402 e. The fourth-order valence-corrected chi connectivity index (χ4v) is 7.79. The quantitative estimate of drug-likeness (QED) is 0.227. The van der Waals surface area contributed by atoms with Gasteiger partial charge in [-0.15, -0.1) is 11.3 Å². The number of aryl methyl sites for hydroxylation is 1. The van der Waals surface area contributed by atoms with Gasteiger partial charge in [-0.25, -0.2) is 4.98 Å². The van der Waals surface area contributed by atoms with Gasteiger partial charge in [0.25, 0.3) is 0 Å². The number of hydrogen-bond acceptors (Lipinski definition) is 6. The standard InChI is InChI=1S/C35H35FN6S/c1-20-13-22(23-14-21(17-38-18-23)19-42-11-3-2-4-12-42)15-27-25(7-8-28-34(39-28)32(20)27)35-40-29-16-24(37)5-6-26(33(29)41-35)30-9-10-31(36)43-30/h5-7,9-10,13-15,17-18,28,34,39H,2-4,8,11-12,16,19,37H2,1H3,(H,40,41)/t28-,34?/m1/s1. The Balaban J connectivity index is 1.20. The third-order valence-electron chi connectivity index (χ3n) is 9.21. The highest BCUT2D eigenvalue weighted by molar-refractivity contribution is 7.11. The number of nitrogens with one attached hydrogen (secondary N) is 2. The number of thiophene rings is 1. The average molecular weight is 591 g/mol. The normalized spacial score (nSPS) is 21.5. The van der Waals surface area contributed by atoms with Crippen molar-refractivity contribution >= 4 is 22.5 Å². The second kappa shape index (κ2) is 10.7. The van der Waals surface area contributed by atoms with Gasteiger partial charge in [-0.1, -0.05) is 18.6 Å². The minimum Gasteiger partial charge on any atom is -0.402 e. The molecule has 4 aliphatic rings. The maximum absolute atomic E-state index is 14.0. The summed E-state index contributed by atoms with van der Waals surface area (Å²) in [4.78, 5) is 16.9. The number of fused-ring (bicyclic) bond motifs is 4. The van der Waals surface area contributed by atoms with Gasteiger partial charge in [0.1, 0.15) is 5.82 Å². The number of nitrogens with two attached hydrogens (primary N) is 1. The van der Waals surface area contributed by atoms with Crippen LogP contribution in [0.2, 0.25) is 0 Å². The van der Waals surface area contributed by atoms with E-state index in [9.17, 15) is 4.39 Å². The van der Waals surface area contributed by atoms with Gasteiger partial charge in [0, 0.05) is 70.4 Å². The van der Waals surface area contributed by atoms with Gasteiger partial charge in [0.05, 0.1) is 5.69 Å². The SMILES string of the molecule is Cc1cc(-c2cncc(CN3CCCCC3)c2)cc2c1C1N[C@@H]1CC=C2c1nc2c([nH]1)CC(N)=CC=C2c1ccc(F)s1. The number of hydrogen-bond donors (Lipinski definition) is 3. The molecule has 0 saturated carbocycles. The lowest BCUT2D eigenvalue weighted by Crippen LogP contribution is -2.29. The van der Waals surface area contributed by atoms with E-state index in [1.54, 1.807) is 0 Å². The van der Waals surface area contributed by atoms with Gasteiger partial charge in [0.2, 0.25) is 0 Å². The molecule has 43 heavy (non-hydrogen) atoms. The highest BCUT2D eigenvalue weighted by Crippen LogP contribution is 2.45. The van der Waals surface area contributed by atoms with Crippen molar-refractivity contribution in [3.05, 3.63) is 116 Å². The van der Waals surface area contributed by atoms with Crippen LogP contribution in [0.4, 0.5) is 4.39 Å². The van der Waals surface area contributed by atoms with Crippen LogP contribution in [0.5, 0.6) is 0 Å². The molecule has 4 N–H and O–H groups in total. The molecular weight excluding hydrogens is 555 g/mol. The summed E-state index contributed by atoms with van der Waals surface area (Å²) in [5.41, 5.74) is 18.3. The van der Waals surface area contributed by atoms with Gasteiger partial charge in [0.15, 0.2) is 5.13 Å². The van der Waals surface area contributed by atoms with E-state index in [0.717, 1.165) is 68.8 Å². The maximum Gasteiger partial charge on any atom is 0.176 e. The summed E-state index contributed by atoms with van der Waals surface area (Å²) in [7, 11) is 0. The van der Waals surface area contributed by atoms with Crippen LogP contribution in [-0.2, 0) is 13.0 Å². The molecule has 1 aromatic carbocycles. The zero-order valence-electron chi connectivity index (χ0n) is 24.3. The third-order valence-corrected chi connectivity index (χ3v) is 10.1. The van der Waals surface area contributed by atoms with Gasteiger partial charge >= 0.3 is 0 Å². The van der Waals surface area contributed by atoms with Crippen LogP contribution in [0.3, 0.4) is 0 Å². The van der Waals surface area contributed by atoms with Crippen molar-refractivity contribution in [3.63, 3.8) is 0 Å². The van der Waals surface area contributed by atoms with E-state index < -0.39 is 0 Å². The molecule has 8 heteroatoms. The average Bonchev–Trinajstić information content (AvgIpc) is 3.55. The summed E-state index contributed by atoms with van der Waals surface area (Å²) < 4.78 is 14.0. The number of aromatic nitrogens is 3. The molecule has 8 rings (SSSR count). The van der Waals surface area contributed by atoms with E-state index >= 15 is 0 Å². The first-order valence-electron chi connectivity index (χ1n) is 15.3. The molecule has 4 aromatic rings. The number of nitrogens with zero attached hydrogens (tertiary/aromatic N) is 3. The predicted octanol–water partition coefficient (Wildman–Crippen LogP) is 6.65. The van der Waals surface area contributed by atoms with Gasteiger partial charge in [-0.3, -0.25) is 9.88 Å². The zero-order valence-corrected chi connectivity index (χ0v) is 25.1. The Bertz CT molecular complexity index is 1820.